The molecule has 0 spiro atoms. The Kier molecular flexibility index (Phi) is 4.64. The Morgan fingerprint density at radius 1 is 1.44 bits per heavy atom. The Balaban J connectivity index is 1.99. The van der Waals surface area contributed by atoms with Crippen LogP contribution in [0.1, 0.15) is 19.3 Å². The number of nitrogens with one attached hydrogen (secondary N) is 1. The molecule has 0 aliphatic heterocycles. The van der Waals surface area contributed by atoms with Crippen molar-refractivity contribution in [3.63, 3.8) is 0 Å². The van der Waals surface area contributed by atoms with Gasteiger partial charge in [-0.3, -0.25) is 4.98 Å². The van der Waals surface area contributed by atoms with Crippen molar-refractivity contribution >= 4 is 37.6 Å². The molecule has 0 bridgehead atoms. The van der Waals surface area contributed by atoms with Gasteiger partial charge in [-0.25, -0.2) is 13.1 Å². The first-order valence-electron chi connectivity index (χ1n) is 5.71. The molecule has 7 heteroatoms. The Hall–Kier alpha value is -0.170. The molecule has 2 atom stereocenters. The van der Waals surface area contributed by atoms with E-state index in [0.717, 1.165) is 19.3 Å². The number of aromatic nitrogens is 1. The third-order valence-electron chi connectivity index (χ3n) is 3.03. The van der Waals surface area contributed by atoms with Gasteiger partial charge in [-0.1, -0.05) is 0 Å². The molecule has 1 aromatic rings. The summed E-state index contributed by atoms with van der Waals surface area (Å²) < 4.78 is 27.3. The highest BCUT2D eigenvalue weighted by atomic mass is 79.9. The fraction of sp³-hybridized carbons (Fsp3) is 0.545. The van der Waals surface area contributed by atoms with Crippen LogP contribution in [0.3, 0.4) is 0 Å². The SMILES string of the molecule is O=S(=O)(NCC1CCC(Cl)C1)c1cncc(Br)c1. The highest BCUT2D eigenvalue weighted by Crippen LogP contribution is 2.29. The van der Waals surface area contributed by atoms with Gasteiger partial charge in [0, 0.05) is 28.8 Å². The van der Waals surface area contributed by atoms with Crippen LogP contribution in [0, 0.1) is 5.92 Å². The lowest BCUT2D eigenvalue weighted by Gasteiger charge is -2.11. The number of hydrogen-bond acceptors (Lipinski definition) is 3. The van der Waals surface area contributed by atoms with Gasteiger partial charge in [-0.05, 0) is 47.2 Å². The van der Waals surface area contributed by atoms with Crippen molar-refractivity contribution in [1.82, 2.24) is 9.71 Å². The van der Waals surface area contributed by atoms with Crippen LogP contribution in [-0.2, 0) is 10.0 Å². The van der Waals surface area contributed by atoms with Crippen LogP contribution in [0.25, 0.3) is 0 Å². The predicted molar refractivity (Wildman–Crippen MR) is 74.1 cm³/mol. The maximum atomic E-state index is 12.0. The number of sulfonamides is 1. The van der Waals surface area contributed by atoms with Crippen molar-refractivity contribution in [3.05, 3.63) is 22.9 Å². The fourth-order valence-corrected chi connectivity index (χ4v) is 4.05. The third kappa shape index (κ3) is 3.66. The second-order valence-corrected chi connectivity index (χ2v) is 7.77. The molecule has 1 aromatic heterocycles. The zero-order valence-corrected chi connectivity index (χ0v) is 12.8. The minimum atomic E-state index is -3.47. The van der Waals surface area contributed by atoms with Crippen molar-refractivity contribution in [2.45, 2.75) is 29.5 Å². The van der Waals surface area contributed by atoms with Crippen LogP contribution in [0.15, 0.2) is 27.8 Å². The van der Waals surface area contributed by atoms with Crippen LogP contribution >= 0.6 is 27.5 Å². The monoisotopic (exact) mass is 352 g/mol. The molecule has 4 nitrogen and oxygen atoms in total. The van der Waals surface area contributed by atoms with Gasteiger partial charge >= 0.3 is 0 Å². The number of pyridine rings is 1. The highest BCUT2D eigenvalue weighted by molar-refractivity contribution is 9.10. The third-order valence-corrected chi connectivity index (χ3v) is 5.25. The standard InChI is InChI=1S/C11H14BrClN2O2S/c12-9-4-11(7-14-6-9)18(16,17)15-5-8-1-2-10(13)3-8/h4,6-8,10,15H,1-3,5H2. The summed E-state index contributed by atoms with van der Waals surface area (Å²) in [5.41, 5.74) is 0. The van der Waals surface area contributed by atoms with Gasteiger partial charge in [0.1, 0.15) is 4.90 Å². The maximum Gasteiger partial charge on any atom is 0.242 e. The van der Waals surface area contributed by atoms with Gasteiger partial charge in [0.15, 0.2) is 0 Å². The average Bonchev–Trinajstić information content (AvgIpc) is 2.73. The lowest BCUT2D eigenvalue weighted by molar-refractivity contribution is 0.520. The summed E-state index contributed by atoms with van der Waals surface area (Å²) in [6.07, 6.45) is 5.71. The minimum absolute atomic E-state index is 0.178. The van der Waals surface area contributed by atoms with E-state index >= 15 is 0 Å². The second-order valence-electron chi connectivity index (χ2n) is 4.47. The lowest BCUT2D eigenvalue weighted by Crippen LogP contribution is -2.28. The smallest absolute Gasteiger partial charge is 0.242 e. The number of nitrogens with zero attached hydrogens (tertiary/aromatic N) is 1. The molecule has 1 fully saturated rings. The van der Waals surface area contributed by atoms with E-state index in [9.17, 15) is 8.42 Å². The zero-order chi connectivity index (χ0) is 13.2. The van der Waals surface area contributed by atoms with E-state index in [1.54, 1.807) is 6.20 Å². The largest absolute Gasteiger partial charge is 0.262 e. The van der Waals surface area contributed by atoms with Crippen molar-refractivity contribution in [2.75, 3.05) is 6.54 Å². The summed E-state index contributed by atoms with van der Waals surface area (Å²) in [5.74, 6) is 0.336. The van der Waals surface area contributed by atoms with Crippen molar-refractivity contribution in [2.24, 2.45) is 5.92 Å². The molecule has 18 heavy (non-hydrogen) atoms. The Labute approximate surface area is 120 Å². The fourth-order valence-electron chi connectivity index (χ4n) is 2.05. The first kappa shape index (κ1) is 14.2. The van der Waals surface area contributed by atoms with E-state index in [4.69, 9.17) is 11.6 Å². The van der Waals surface area contributed by atoms with Crippen molar-refractivity contribution in [1.29, 1.82) is 0 Å². The van der Waals surface area contributed by atoms with E-state index in [0.29, 0.717) is 16.9 Å². The van der Waals surface area contributed by atoms with Crippen LogP contribution in [0.5, 0.6) is 0 Å². The summed E-state index contributed by atoms with van der Waals surface area (Å²) in [5, 5.41) is 0.187. The topological polar surface area (TPSA) is 59.1 Å². The Morgan fingerprint density at radius 2 is 2.22 bits per heavy atom. The molecule has 1 aliphatic carbocycles. The molecule has 1 N–H and O–H groups in total. The molecule has 1 aliphatic rings. The Bertz CT molecular complexity index is 524. The quantitative estimate of drug-likeness (QED) is 0.846. The number of alkyl halides is 1. The molecule has 1 heterocycles. The van der Waals surface area contributed by atoms with Gasteiger partial charge in [0.25, 0.3) is 0 Å². The van der Waals surface area contributed by atoms with Gasteiger partial charge in [-0.15, -0.1) is 11.6 Å². The van der Waals surface area contributed by atoms with Crippen LogP contribution < -0.4 is 4.72 Å². The average molecular weight is 354 g/mol. The molecule has 0 radical (unpaired) electrons. The minimum Gasteiger partial charge on any atom is -0.262 e. The van der Waals surface area contributed by atoms with Gasteiger partial charge in [0.05, 0.1) is 0 Å². The van der Waals surface area contributed by atoms with E-state index < -0.39 is 10.0 Å². The molecule has 100 valence electrons. The molecule has 0 saturated heterocycles. The molecule has 1 saturated carbocycles. The van der Waals surface area contributed by atoms with Gasteiger partial charge < -0.3 is 0 Å². The predicted octanol–water partition coefficient (Wildman–Crippen LogP) is 2.53. The summed E-state index contributed by atoms with van der Waals surface area (Å²) >= 11 is 9.21. The molecule has 2 unspecified atom stereocenters. The zero-order valence-electron chi connectivity index (χ0n) is 9.64. The number of hydrogen-bond donors (Lipinski definition) is 1. The lowest BCUT2D eigenvalue weighted by atomic mass is 10.1. The molecular weight excluding hydrogens is 340 g/mol. The normalized spacial score (nSPS) is 24.3. The van der Waals surface area contributed by atoms with Crippen molar-refractivity contribution in [3.8, 4) is 0 Å². The summed E-state index contributed by atoms with van der Waals surface area (Å²) in [4.78, 5) is 4.03. The van der Waals surface area contributed by atoms with Crippen LogP contribution in [0.2, 0.25) is 0 Å². The first-order valence-corrected chi connectivity index (χ1v) is 8.43. The molecule has 0 amide bonds. The van der Waals surface area contributed by atoms with E-state index in [1.165, 1.54) is 12.3 Å². The Morgan fingerprint density at radius 3 is 2.83 bits per heavy atom. The molecular formula is C11H14BrClN2O2S. The summed E-state index contributed by atoms with van der Waals surface area (Å²) in [6, 6.07) is 1.54. The molecule has 0 aromatic carbocycles. The van der Waals surface area contributed by atoms with E-state index in [1.807, 2.05) is 0 Å². The second kappa shape index (κ2) is 5.86. The van der Waals surface area contributed by atoms with Crippen LogP contribution in [-0.4, -0.2) is 25.3 Å². The summed E-state index contributed by atoms with van der Waals surface area (Å²) in [7, 11) is -3.47. The number of rotatable bonds is 4. The highest BCUT2D eigenvalue weighted by Gasteiger charge is 2.24. The summed E-state index contributed by atoms with van der Waals surface area (Å²) in [6.45, 7) is 0.443. The van der Waals surface area contributed by atoms with Gasteiger partial charge in [0.2, 0.25) is 10.0 Å². The molecule has 2 rings (SSSR count). The maximum absolute atomic E-state index is 12.0. The first-order chi connectivity index (χ1) is 8.47. The number of halogens is 2. The van der Waals surface area contributed by atoms with Gasteiger partial charge in [-0.2, -0.15) is 0 Å². The van der Waals surface area contributed by atoms with E-state index in [2.05, 4.69) is 25.6 Å². The van der Waals surface area contributed by atoms with E-state index in [-0.39, 0.29) is 10.3 Å². The van der Waals surface area contributed by atoms with Crippen LogP contribution in [0.4, 0.5) is 0 Å². The van der Waals surface area contributed by atoms with Crippen molar-refractivity contribution < 1.29 is 8.42 Å².